The average Bonchev–Trinajstić information content (AvgIpc) is 2.75. The van der Waals surface area contributed by atoms with Crippen molar-refractivity contribution in [2.24, 2.45) is 5.14 Å². The summed E-state index contributed by atoms with van der Waals surface area (Å²) in [6.45, 7) is 6.31. The molecule has 0 unspecified atom stereocenters. The second-order valence-corrected chi connectivity index (χ2v) is 7.29. The number of rotatable bonds is 4. The average molecular weight is 311 g/mol. The second kappa shape index (κ2) is 5.51. The van der Waals surface area contributed by atoms with Crippen molar-refractivity contribution in [3.63, 3.8) is 0 Å². The van der Waals surface area contributed by atoms with Crippen LogP contribution in [0.1, 0.15) is 21.8 Å². The molecule has 0 amide bonds. The minimum atomic E-state index is -3.70. The molecule has 1 heterocycles. The molecular weight excluding hydrogens is 294 g/mol. The van der Waals surface area contributed by atoms with Crippen molar-refractivity contribution in [3.8, 4) is 0 Å². The van der Waals surface area contributed by atoms with E-state index in [9.17, 15) is 8.42 Å². The molecule has 7 heteroatoms. The minimum Gasteiger partial charge on any atom is -0.379 e. The van der Waals surface area contributed by atoms with Crippen LogP contribution in [0.5, 0.6) is 0 Å². The summed E-state index contributed by atoms with van der Waals surface area (Å²) in [5.74, 6) is 0. The van der Waals surface area contributed by atoms with E-state index in [2.05, 4.69) is 10.3 Å². The van der Waals surface area contributed by atoms with Gasteiger partial charge in [-0.3, -0.25) is 0 Å². The van der Waals surface area contributed by atoms with Crippen LogP contribution < -0.4 is 10.5 Å². The molecule has 5 nitrogen and oxygen atoms in total. The molecule has 3 N–H and O–H groups in total. The Morgan fingerprint density at radius 2 is 2.00 bits per heavy atom. The highest BCUT2D eigenvalue weighted by Gasteiger charge is 2.12. The summed E-state index contributed by atoms with van der Waals surface area (Å²) in [5, 5.41) is 11.4. The summed E-state index contributed by atoms with van der Waals surface area (Å²) < 4.78 is 22.9. The number of primary sulfonamides is 1. The fraction of sp³-hybridized carbons (Fsp3) is 0.308. The van der Waals surface area contributed by atoms with Gasteiger partial charge in [-0.15, -0.1) is 11.3 Å². The van der Waals surface area contributed by atoms with Crippen LogP contribution in [0.2, 0.25) is 0 Å². The molecule has 0 saturated heterocycles. The van der Waals surface area contributed by atoms with Crippen LogP contribution in [0.25, 0.3) is 0 Å². The summed E-state index contributed by atoms with van der Waals surface area (Å²) in [6.07, 6.45) is 0. The number of nitrogens with zero attached hydrogens (tertiary/aromatic N) is 1. The summed E-state index contributed by atoms with van der Waals surface area (Å²) in [7, 11) is -3.70. The highest BCUT2D eigenvalue weighted by molar-refractivity contribution is 7.89. The van der Waals surface area contributed by atoms with E-state index in [-0.39, 0.29) is 4.90 Å². The number of thiazole rings is 1. The zero-order chi connectivity index (χ0) is 14.9. The van der Waals surface area contributed by atoms with Crippen molar-refractivity contribution < 1.29 is 8.42 Å². The SMILES string of the molecule is Cc1nc(CNc2cc(S(N)(=O)=O)cc(C)c2C)cs1. The third kappa shape index (κ3) is 3.36. The lowest BCUT2D eigenvalue weighted by Crippen LogP contribution is -2.13. The molecule has 0 saturated carbocycles. The molecule has 20 heavy (non-hydrogen) atoms. The molecule has 0 spiro atoms. The molecule has 2 aromatic rings. The molecule has 0 radical (unpaired) electrons. The van der Waals surface area contributed by atoms with E-state index in [1.54, 1.807) is 23.5 Å². The van der Waals surface area contributed by atoms with E-state index in [1.807, 2.05) is 26.2 Å². The Bertz CT molecular complexity index is 736. The Kier molecular flexibility index (Phi) is 4.12. The molecule has 0 bridgehead atoms. The van der Waals surface area contributed by atoms with Crippen molar-refractivity contribution in [2.45, 2.75) is 32.2 Å². The number of sulfonamides is 1. The summed E-state index contributed by atoms with van der Waals surface area (Å²) in [5.41, 5.74) is 3.59. The third-order valence-electron chi connectivity index (χ3n) is 3.10. The summed E-state index contributed by atoms with van der Waals surface area (Å²) >= 11 is 1.59. The Labute approximate surface area is 122 Å². The van der Waals surface area contributed by atoms with E-state index in [1.165, 1.54) is 0 Å². The third-order valence-corrected chi connectivity index (χ3v) is 4.81. The topological polar surface area (TPSA) is 85.1 Å². The molecule has 0 aliphatic heterocycles. The standard InChI is InChI=1S/C13H17N3O2S2/c1-8-4-12(20(14,17)18)5-13(9(8)2)15-6-11-7-19-10(3)16-11/h4-5,7,15H,6H2,1-3H3,(H2,14,17,18). The van der Waals surface area contributed by atoms with E-state index >= 15 is 0 Å². The van der Waals surface area contributed by atoms with Crippen molar-refractivity contribution in [2.75, 3.05) is 5.32 Å². The van der Waals surface area contributed by atoms with Gasteiger partial charge in [-0.25, -0.2) is 18.5 Å². The molecule has 1 aromatic heterocycles. The monoisotopic (exact) mass is 311 g/mol. The Morgan fingerprint density at radius 3 is 2.55 bits per heavy atom. The van der Waals surface area contributed by atoms with Gasteiger partial charge in [0.05, 0.1) is 22.1 Å². The number of benzene rings is 1. The van der Waals surface area contributed by atoms with Gasteiger partial charge in [-0.2, -0.15) is 0 Å². The Morgan fingerprint density at radius 1 is 1.30 bits per heavy atom. The summed E-state index contributed by atoms with van der Waals surface area (Å²) in [4.78, 5) is 4.48. The van der Waals surface area contributed by atoms with E-state index in [0.717, 1.165) is 27.5 Å². The second-order valence-electron chi connectivity index (χ2n) is 4.67. The quantitative estimate of drug-likeness (QED) is 0.907. The first-order chi connectivity index (χ1) is 9.27. The fourth-order valence-electron chi connectivity index (χ4n) is 1.85. The predicted molar refractivity (Wildman–Crippen MR) is 81.5 cm³/mol. The van der Waals surface area contributed by atoms with Gasteiger partial charge < -0.3 is 5.32 Å². The first-order valence-electron chi connectivity index (χ1n) is 6.06. The highest BCUT2D eigenvalue weighted by Crippen LogP contribution is 2.24. The molecule has 2 rings (SSSR count). The number of nitrogens with one attached hydrogen (secondary N) is 1. The van der Waals surface area contributed by atoms with Crippen LogP contribution in [0.3, 0.4) is 0 Å². The fourth-order valence-corrected chi connectivity index (χ4v) is 3.09. The zero-order valence-electron chi connectivity index (χ0n) is 11.6. The van der Waals surface area contributed by atoms with Crippen LogP contribution >= 0.6 is 11.3 Å². The minimum absolute atomic E-state index is 0.123. The Hall–Kier alpha value is -1.44. The van der Waals surface area contributed by atoms with Gasteiger partial charge in [-0.05, 0) is 44.0 Å². The van der Waals surface area contributed by atoms with Gasteiger partial charge in [0.1, 0.15) is 0 Å². The number of hydrogen-bond acceptors (Lipinski definition) is 5. The van der Waals surface area contributed by atoms with Crippen LogP contribution in [0.15, 0.2) is 22.4 Å². The normalized spacial score (nSPS) is 11.6. The molecule has 1 aromatic carbocycles. The predicted octanol–water partition coefficient (Wildman–Crippen LogP) is 2.33. The largest absolute Gasteiger partial charge is 0.379 e. The van der Waals surface area contributed by atoms with E-state index < -0.39 is 10.0 Å². The van der Waals surface area contributed by atoms with Gasteiger partial charge in [0, 0.05) is 11.1 Å². The molecule has 108 valence electrons. The summed E-state index contributed by atoms with van der Waals surface area (Å²) in [6, 6.07) is 3.15. The lowest BCUT2D eigenvalue weighted by atomic mass is 10.1. The smallest absolute Gasteiger partial charge is 0.238 e. The van der Waals surface area contributed by atoms with Gasteiger partial charge in [-0.1, -0.05) is 0 Å². The maximum atomic E-state index is 11.5. The maximum Gasteiger partial charge on any atom is 0.238 e. The number of anilines is 1. The van der Waals surface area contributed by atoms with Gasteiger partial charge >= 0.3 is 0 Å². The van der Waals surface area contributed by atoms with Gasteiger partial charge in [0.2, 0.25) is 10.0 Å². The van der Waals surface area contributed by atoms with Crippen LogP contribution in [-0.4, -0.2) is 13.4 Å². The lowest BCUT2D eigenvalue weighted by Gasteiger charge is -2.12. The number of nitrogens with two attached hydrogens (primary N) is 1. The highest BCUT2D eigenvalue weighted by atomic mass is 32.2. The number of aromatic nitrogens is 1. The number of hydrogen-bond donors (Lipinski definition) is 2. The molecule has 0 atom stereocenters. The van der Waals surface area contributed by atoms with Crippen molar-refractivity contribution in [1.82, 2.24) is 4.98 Å². The van der Waals surface area contributed by atoms with Gasteiger partial charge in [0.25, 0.3) is 0 Å². The Balaban J connectivity index is 2.29. The van der Waals surface area contributed by atoms with Crippen molar-refractivity contribution in [1.29, 1.82) is 0 Å². The number of aryl methyl sites for hydroxylation is 2. The van der Waals surface area contributed by atoms with Crippen molar-refractivity contribution in [3.05, 3.63) is 39.3 Å². The van der Waals surface area contributed by atoms with E-state index in [4.69, 9.17) is 5.14 Å². The molecule has 0 fully saturated rings. The molecule has 0 aliphatic carbocycles. The first-order valence-corrected chi connectivity index (χ1v) is 8.49. The van der Waals surface area contributed by atoms with Gasteiger partial charge in [0.15, 0.2) is 0 Å². The lowest BCUT2D eigenvalue weighted by molar-refractivity contribution is 0.597. The maximum absolute atomic E-state index is 11.5. The van der Waals surface area contributed by atoms with Crippen LogP contribution in [-0.2, 0) is 16.6 Å². The van der Waals surface area contributed by atoms with Crippen LogP contribution in [0.4, 0.5) is 5.69 Å². The van der Waals surface area contributed by atoms with Crippen molar-refractivity contribution >= 4 is 27.0 Å². The van der Waals surface area contributed by atoms with Crippen LogP contribution in [0, 0.1) is 20.8 Å². The zero-order valence-corrected chi connectivity index (χ0v) is 13.2. The molecule has 0 aliphatic rings. The first kappa shape index (κ1) is 15.0. The molecular formula is C13H17N3O2S2. The van der Waals surface area contributed by atoms with E-state index in [0.29, 0.717) is 6.54 Å².